The lowest BCUT2D eigenvalue weighted by atomic mass is 10.1. The highest BCUT2D eigenvalue weighted by molar-refractivity contribution is 5.42. The van der Waals surface area contributed by atoms with Crippen LogP contribution in [0.2, 0.25) is 0 Å². The molecule has 1 aliphatic rings. The van der Waals surface area contributed by atoms with E-state index in [1.54, 1.807) is 6.20 Å². The van der Waals surface area contributed by atoms with Gasteiger partial charge in [0.05, 0.1) is 13.2 Å². The first-order valence-electron chi connectivity index (χ1n) is 6.07. The fourth-order valence-corrected chi connectivity index (χ4v) is 2.19. The molecule has 2 heterocycles. The minimum atomic E-state index is 0.495. The van der Waals surface area contributed by atoms with E-state index in [0.29, 0.717) is 6.04 Å². The van der Waals surface area contributed by atoms with E-state index >= 15 is 0 Å². The molecule has 1 fully saturated rings. The van der Waals surface area contributed by atoms with Gasteiger partial charge in [-0.3, -0.25) is 4.90 Å². The molecule has 0 aromatic carbocycles. The molecule has 1 aromatic heterocycles. The van der Waals surface area contributed by atoms with Crippen molar-refractivity contribution in [2.75, 3.05) is 25.2 Å². The molecule has 5 nitrogen and oxygen atoms in total. The normalized spacial score (nSPS) is 21.4. The average Bonchev–Trinajstić information content (AvgIpc) is 2.40. The van der Waals surface area contributed by atoms with Gasteiger partial charge in [-0.05, 0) is 12.5 Å². The summed E-state index contributed by atoms with van der Waals surface area (Å²) in [6.07, 6.45) is 2.85. The van der Waals surface area contributed by atoms with Crippen LogP contribution in [0.1, 0.15) is 18.9 Å². The molecule has 5 heteroatoms. The van der Waals surface area contributed by atoms with Gasteiger partial charge in [-0.15, -0.1) is 0 Å². The summed E-state index contributed by atoms with van der Waals surface area (Å²) in [7, 11) is 0. The molecule has 2 rings (SSSR count). The summed E-state index contributed by atoms with van der Waals surface area (Å²) in [6, 6.07) is 4.50. The van der Waals surface area contributed by atoms with Gasteiger partial charge in [-0.1, -0.05) is 13.0 Å². The maximum absolute atomic E-state index is 5.50. The average molecular weight is 236 g/mol. The minimum absolute atomic E-state index is 0.495. The molecular weight excluding hydrogens is 216 g/mol. The van der Waals surface area contributed by atoms with E-state index in [2.05, 4.69) is 28.3 Å². The van der Waals surface area contributed by atoms with Crippen molar-refractivity contribution in [1.82, 2.24) is 9.88 Å². The fourth-order valence-electron chi connectivity index (χ4n) is 2.19. The van der Waals surface area contributed by atoms with Crippen LogP contribution in [-0.2, 0) is 11.3 Å². The van der Waals surface area contributed by atoms with Gasteiger partial charge in [0.25, 0.3) is 0 Å². The number of pyridine rings is 1. The molecule has 0 saturated carbocycles. The van der Waals surface area contributed by atoms with Crippen LogP contribution >= 0.6 is 0 Å². The molecule has 0 radical (unpaired) electrons. The number of ether oxygens (including phenoxy) is 1. The number of nitrogen functional groups attached to an aromatic ring is 1. The van der Waals surface area contributed by atoms with Crippen molar-refractivity contribution in [3.8, 4) is 0 Å². The fraction of sp³-hybridized carbons (Fsp3) is 0.583. The predicted molar refractivity (Wildman–Crippen MR) is 67.4 cm³/mol. The van der Waals surface area contributed by atoms with Crippen LogP contribution in [0.15, 0.2) is 18.3 Å². The standard InChI is InChI=1S/C12H20N4O/c1-2-11-9-17-7-6-16(11)8-10-4-3-5-14-12(10)15-13/h3-5,11H,2,6-9,13H2,1H3,(H,14,15). The Kier molecular flexibility index (Phi) is 4.30. The second kappa shape index (κ2) is 5.95. The maximum Gasteiger partial charge on any atom is 0.144 e. The lowest BCUT2D eigenvalue weighted by Crippen LogP contribution is -2.44. The third-order valence-corrected chi connectivity index (χ3v) is 3.22. The van der Waals surface area contributed by atoms with Gasteiger partial charge in [0.15, 0.2) is 0 Å². The van der Waals surface area contributed by atoms with E-state index in [1.807, 2.05) is 6.07 Å². The number of hydrogen-bond acceptors (Lipinski definition) is 5. The van der Waals surface area contributed by atoms with Crippen molar-refractivity contribution >= 4 is 5.82 Å². The molecule has 0 spiro atoms. The molecular formula is C12H20N4O. The van der Waals surface area contributed by atoms with Gasteiger partial charge in [-0.25, -0.2) is 10.8 Å². The Morgan fingerprint density at radius 1 is 1.65 bits per heavy atom. The zero-order valence-corrected chi connectivity index (χ0v) is 10.2. The van der Waals surface area contributed by atoms with E-state index in [1.165, 1.54) is 0 Å². The lowest BCUT2D eigenvalue weighted by molar-refractivity contribution is -0.0126. The summed E-state index contributed by atoms with van der Waals surface area (Å²) in [5, 5.41) is 0. The quantitative estimate of drug-likeness (QED) is 0.602. The van der Waals surface area contributed by atoms with Crippen LogP contribution in [0.25, 0.3) is 0 Å². The van der Waals surface area contributed by atoms with Crippen LogP contribution in [-0.4, -0.2) is 35.7 Å². The Hall–Kier alpha value is -1.17. The minimum Gasteiger partial charge on any atom is -0.378 e. The van der Waals surface area contributed by atoms with Gasteiger partial charge >= 0.3 is 0 Å². The van der Waals surface area contributed by atoms with Gasteiger partial charge in [0.2, 0.25) is 0 Å². The Balaban J connectivity index is 2.08. The predicted octanol–water partition coefficient (Wildman–Crippen LogP) is 0.978. The highest BCUT2D eigenvalue weighted by Crippen LogP contribution is 2.18. The molecule has 3 N–H and O–H groups in total. The number of hydrogen-bond donors (Lipinski definition) is 2. The third kappa shape index (κ3) is 2.94. The van der Waals surface area contributed by atoms with E-state index < -0.39 is 0 Å². The number of aromatic nitrogens is 1. The smallest absolute Gasteiger partial charge is 0.144 e. The van der Waals surface area contributed by atoms with E-state index in [0.717, 1.165) is 44.1 Å². The summed E-state index contributed by atoms with van der Waals surface area (Å²) < 4.78 is 5.50. The van der Waals surface area contributed by atoms with E-state index in [-0.39, 0.29) is 0 Å². The van der Waals surface area contributed by atoms with E-state index in [9.17, 15) is 0 Å². The summed E-state index contributed by atoms with van der Waals surface area (Å²) in [5.41, 5.74) is 3.78. The second-order valence-electron chi connectivity index (χ2n) is 4.26. The number of morpholine rings is 1. The largest absolute Gasteiger partial charge is 0.378 e. The van der Waals surface area contributed by atoms with Crippen molar-refractivity contribution in [3.63, 3.8) is 0 Å². The maximum atomic E-state index is 5.50. The zero-order chi connectivity index (χ0) is 12.1. The first-order valence-corrected chi connectivity index (χ1v) is 6.07. The summed E-state index contributed by atoms with van der Waals surface area (Å²) in [5.74, 6) is 6.23. The Morgan fingerprint density at radius 2 is 2.53 bits per heavy atom. The van der Waals surface area contributed by atoms with Crippen LogP contribution < -0.4 is 11.3 Å². The molecule has 0 aliphatic carbocycles. The number of rotatable bonds is 4. The molecule has 0 amide bonds. The Labute approximate surface area is 102 Å². The van der Waals surface area contributed by atoms with Gasteiger partial charge in [0.1, 0.15) is 5.82 Å². The van der Waals surface area contributed by atoms with Crippen molar-refractivity contribution in [3.05, 3.63) is 23.9 Å². The van der Waals surface area contributed by atoms with Gasteiger partial charge in [0, 0.05) is 30.9 Å². The summed E-state index contributed by atoms with van der Waals surface area (Å²) >= 11 is 0. The monoisotopic (exact) mass is 236 g/mol. The van der Waals surface area contributed by atoms with Crippen LogP contribution in [0.5, 0.6) is 0 Å². The Bertz CT molecular complexity index is 358. The van der Waals surface area contributed by atoms with Crippen molar-refractivity contribution in [2.24, 2.45) is 5.84 Å². The lowest BCUT2D eigenvalue weighted by Gasteiger charge is -2.35. The Morgan fingerprint density at radius 3 is 3.29 bits per heavy atom. The highest BCUT2D eigenvalue weighted by Gasteiger charge is 2.22. The molecule has 1 atom stereocenters. The number of nitrogens with zero attached hydrogens (tertiary/aromatic N) is 2. The number of nitrogens with two attached hydrogens (primary N) is 1. The number of hydrazine groups is 1. The van der Waals surface area contributed by atoms with Gasteiger partial charge < -0.3 is 10.2 Å². The molecule has 94 valence electrons. The first-order chi connectivity index (χ1) is 8.35. The number of nitrogens with one attached hydrogen (secondary N) is 1. The molecule has 1 aromatic rings. The SMILES string of the molecule is CCC1COCCN1Cc1cccnc1NN. The summed E-state index contributed by atoms with van der Waals surface area (Å²) in [6.45, 7) is 5.66. The van der Waals surface area contributed by atoms with Crippen molar-refractivity contribution < 1.29 is 4.74 Å². The number of anilines is 1. The third-order valence-electron chi connectivity index (χ3n) is 3.22. The molecule has 0 bridgehead atoms. The second-order valence-corrected chi connectivity index (χ2v) is 4.26. The zero-order valence-electron chi connectivity index (χ0n) is 10.2. The first kappa shape index (κ1) is 12.3. The summed E-state index contributed by atoms with van der Waals surface area (Å²) in [4.78, 5) is 6.65. The van der Waals surface area contributed by atoms with Gasteiger partial charge in [-0.2, -0.15) is 0 Å². The molecule has 1 aliphatic heterocycles. The van der Waals surface area contributed by atoms with Crippen molar-refractivity contribution in [2.45, 2.75) is 25.9 Å². The van der Waals surface area contributed by atoms with E-state index in [4.69, 9.17) is 10.6 Å². The van der Waals surface area contributed by atoms with Crippen molar-refractivity contribution in [1.29, 1.82) is 0 Å². The highest BCUT2D eigenvalue weighted by atomic mass is 16.5. The molecule has 1 saturated heterocycles. The molecule has 1 unspecified atom stereocenters. The van der Waals surface area contributed by atoms with Crippen LogP contribution in [0, 0.1) is 0 Å². The van der Waals surface area contributed by atoms with Crippen LogP contribution in [0.3, 0.4) is 0 Å². The topological polar surface area (TPSA) is 63.4 Å². The van der Waals surface area contributed by atoms with Crippen LogP contribution in [0.4, 0.5) is 5.82 Å². The molecule has 17 heavy (non-hydrogen) atoms.